The van der Waals surface area contributed by atoms with Crippen molar-refractivity contribution < 1.29 is 19.0 Å². The zero-order valence-corrected chi connectivity index (χ0v) is 14.4. The minimum Gasteiger partial charge on any atom is -0.465 e. The van der Waals surface area contributed by atoms with Gasteiger partial charge in [-0.15, -0.1) is 0 Å². The Morgan fingerprint density at radius 3 is 2.71 bits per heavy atom. The van der Waals surface area contributed by atoms with Gasteiger partial charge in [0, 0.05) is 18.6 Å². The Balaban J connectivity index is 1.82. The van der Waals surface area contributed by atoms with Gasteiger partial charge in [-0.05, 0) is 25.8 Å². The lowest BCUT2D eigenvalue weighted by molar-refractivity contribution is -0.182. The van der Waals surface area contributed by atoms with Crippen LogP contribution in [0.1, 0.15) is 44.7 Å². The van der Waals surface area contributed by atoms with Gasteiger partial charge in [-0.1, -0.05) is 30.3 Å². The van der Waals surface area contributed by atoms with Crippen LogP contribution in [0.4, 0.5) is 0 Å². The first-order chi connectivity index (χ1) is 11.6. The minimum absolute atomic E-state index is 0.0117. The second-order valence-electron chi connectivity index (χ2n) is 6.32. The van der Waals surface area contributed by atoms with Crippen molar-refractivity contribution in [2.45, 2.75) is 44.9 Å². The van der Waals surface area contributed by atoms with Crippen molar-refractivity contribution in [2.75, 3.05) is 19.8 Å². The highest BCUT2D eigenvalue weighted by molar-refractivity contribution is 6.03. The number of nitrogens with zero attached hydrogens (tertiary/aromatic N) is 1. The standard InChI is InChI=1S/C19H25NO4/c1-3-22-18(21)16-13-19(23-11-12-24-19)10-9-17(16)20-14(2)15-7-5-4-6-8-15/h4-8,14,16H,3,9-13H2,1-2H3/b20-17+/t14-,16?/m0/s1. The van der Waals surface area contributed by atoms with E-state index in [1.165, 1.54) is 0 Å². The number of benzene rings is 1. The van der Waals surface area contributed by atoms with Crippen LogP contribution < -0.4 is 0 Å². The van der Waals surface area contributed by atoms with E-state index in [0.29, 0.717) is 32.7 Å². The van der Waals surface area contributed by atoms with E-state index in [-0.39, 0.29) is 17.9 Å². The Morgan fingerprint density at radius 1 is 1.33 bits per heavy atom. The number of ether oxygens (including phenoxy) is 3. The zero-order valence-electron chi connectivity index (χ0n) is 14.4. The van der Waals surface area contributed by atoms with Crippen LogP contribution in [0.3, 0.4) is 0 Å². The van der Waals surface area contributed by atoms with Crippen molar-refractivity contribution in [3.05, 3.63) is 35.9 Å². The number of hydrogen-bond acceptors (Lipinski definition) is 5. The van der Waals surface area contributed by atoms with E-state index >= 15 is 0 Å². The molecule has 5 heteroatoms. The molecule has 0 aromatic heterocycles. The molecule has 2 atom stereocenters. The predicted molar refractivity (Wildman–Crippen MR) is 90.9 cm³/mol. The Kier molecular flexibility index (Phi) is 5.31. The molecule has 1 heterocycles. The summed E-state index contributed by atoms with van der Waals surface area (Å²) in [5.74, 6) is -1.25. The number of hydrogen-bond donors (Lipinski definition) is 0. The molecule has 0 amide bonds. The molecule has 24 heavy (non-hydrogen) atoms. The third-order valence-electron chi connectivity index (χ3n) is 4.71. The first kappa shape index (κ1) is 17.1. The van der Waals surface area contributed by atoms with Crippen LogP contribution in [0, 0.1) is 5.92 Å². The molecule has 1 aromatic carbocycles. The summed E-state index contributed by atoms with van der Waals surface area (Å²) < 4.78 is 16.9. The van der Waals surface area contributed by atoms with E-state index in [1.54, 1.807) is 0 Å². The fourth-order valence-electron chi connectivity index (χ4n) is 3.45. The summed E-state index contributed by atoms with van der Waals surface area (Å²) in [7, 11) is 0. The second-order valence-corrected chi connectivity index (χ2v) is 6.32. The van der Waals surface area contributed by atoms with Crippen LogP contribution in [0.25, 0.3) is 0 Å². The highest BCUT2D eigenvalue weighted by Crippen LogP contribution is 2.39. The maximum absolute atomic E-state index is 12.5. The Bertz CT molecular complexity index is 593. The monoisotopic (exact) mass is 331 g/mol. The Morgan fingerprint density at radius 2 is 2.04 bits per heavy atom. The van der Waals surface area contributed by atoms with Crippen molar-refractivity contribution in [1.29, 1.82) is 0 Å². The van der Waals surface area contributed by atoms with E-state index in [2.05, 4.69) is 19.1 Å². The maximum Gasteiger partial charge on any atom is 0.314 e. The molecule has 1 aliphatic carbocycles. The molecule has 1 aromatic rings. The summed E-state index contributed by atoms with van der Waals surface area (Å²) >= 11 is 0. The molecule has 1 spiro atoms. The highest BCUT2D eigenvalue weighted by atomic mass is 16.7. The van der Waals surface area contributed by atoms with Gasteiger partial charge < -0.3 is 14.2 Å². The van der Waals surface area contributed by atoms with Gasteiger partial charge in [0.05, 0.1) is 31.8 Å². The SMILES string of the molecule is CCOC(=O)C1CC2(CC/C1=N\[C@@H](C)c1ccccc1)OCCO2. The summed E-state index contributed by atoms with van der Waals surface area (Å²) in [4.78, 5) is 17.3. The second kappa shape index (κ2) is 7.45. The maximum atomic E-state index is 12.5. The van der Waals surface area contributed by atoms with Gasteiger partial charge in [-0.3, -0.25) is 9.79 Å². The van der Waals surface area contributed by atoms with E-state index in [1.807, 2.05) is 25.1 Å². The zero-order chi connectivity index (χ0) is 17.0. The molecule has 1 unspecified atom stereocenters. The third-order valence-corrected chi connectivity index (χ3v) is 4.71. The number of rotatable bonds is 4. The largest absolute Gasteiger partial charge is 0.465 e. The molecular weight excluding hydrogens is 306 g/mol. The number of carbonyl (C=O) groups is 1. The predicted octanol–water partition coefficient (Wildman–Crippen LogP) is 3.29. The molecule has 2 fully saturated rings. The molecule has 0 radical (unpaired) electrons. The number of carbonyl (C=O) groups excluding carboxylic acids is 1. The Labute approximate surface area is 143 Å². The summed E-state index contributed by atoms with van der Waals surface area (Å²) in [5, 5.41) is 0. The molecule has 3 rings (SSSR count). The lowest BCUT2D eigenvalue weighted by atomic mass is 9.82. The molecule has 2 aliphatic rings. The summed E-state index contributed by atoms with van der Waals surface area (Å²) in [6, 6.07) is 10.1. The lowest BCUT2D eigenvalue weighted by Gasteiger charge is -2.36. The van der Waals surface area contributed by atoms with Crippen molar-refractivity contribution >= 4 is 11.7 Å². The van der Waals surface area contributed by atoms with Gasteiger partial charge >= 0.3 is 5.97 Å². The van der Waals surface area contributed by atoms with Gasteiger partial charge in [-0.25, -0.2) is 0 Å². The average Bonchev–Trinajstić information content (AvgIpc) is 3.05. The summed E-state index contributed by atoms with van der Waals surface area (Å²) in [6.45, 7) is 5.41. The van der Waals surface area contributed by atoms with Gasteiger partial charge in [0.25, 0.3) is 0 Å². The molecule has 1 saturated carbocycles. The van der Waals surface area contributed by atoms with Crippen molar-refractivity contribution in [3.63, 3.8) is 0 Å². The van der Waals surface area contributed by atoms with E-state index in [0.717, 1.165) is 17.7 Å². The summed E-state index contributed by atoms with van der Waals surface area (Å²) in [6.07, 6.45) is 1.93. The van der Waals surface area contributed by atoms with E-state index in [4.69, 9.17) is 19.2 Å². The smallest absolute Gasteiger partial charge is 0.314 e. The van der Waals surface area contributed by atoms with Gasteiger partial charge in [0.1, 0.15) is 0 Å². The fraction of sp³-hybridized carbons (Fsp3) is 0.579. The summed E-state index contributed by atoms with van der Waals surface area (Å²) in [5.41, 5.74) is 2.04. The first-order valence-electron chi connectivity index (χ1n) is 8.69. The number of esters is 1. The van der Waals surface area contributed by atoms with Crippen LogP contribution in [-0.4, -0.2) is 37.3 Å². The van der Waals surface area contributed by atoms with Crippen LogP contribution >= 0.6 is 0 Å². The van der Waals surface area contributed by atoms with E-state index in [9.17, 15) is 4.79 Å². The molecule has 1 aliphatic heterocycles. The minimum atomic E-state index is -0.633. The van der Waals surface area contributed by atoms with Crippen molar-refractivity contribution in [2.24, 2.45) is 10.9 Å². The quantitative estimate of drug-likeness (QED) is 0.794. The normalized spacial score (nSPS) is 25.8. The van der Waals surface area contributed by atoms with Gasteiger partial charge in [0.2, 0.25) is 0 Å². The van der Waals surface area contributed by atoms with E-state index < -0.39 is 5.79 Å². The molecular formula is C19H25NO4. The van der Waals surface area contributed by atoms with Crippen molar-refractivity contribution in [1.82, 2.24) is 0 Å². The highest BCUT2D eigenvalue weighted by Gasteiger charge is 2.46. The molecule has 130 valence electrons. The topological polar surface area (TPSA) is 57.1 Å². The van der Waals surface area contributed by atoms with Crippen LogP contribution in [0.5, 0.6) is 0 Å². The average molecular weight is 331 g/mol. The van der Waals surface area contributed by atoms with Gasteiger partial charge in [0.15, 0.2) is 5.79 Å². The van der Waals surface area contributed by atoms with Gasteiger partial charge in [-0.2, -0.15) is 0 Å². The fourth-order valence-corrected chi connectivity index (χ4v) is 3.45. The molecule has 0 N–H and O–H groups in total. The third kappa shape index (κ3) is 3.68. The first-order valence-corrected chi connectivity index (χ1v) is 8.69. The molecule has 0 bridgehead atoms. The molecule has 1 saturated heterocycles. The van der Waals surface area contributed by atoms with Crippen molar-refractivity contribution in [3.8, 4) is 0 Å². The number of aliphatic imine (C=N–C) groups is 1. The van der Waals surface area contributed by atoms with Crippen LogP contribution in [0.15, 0.2) is 35.3 Å². The Hall–Kier alpha value is -1.72. The molecule has 5 nitrogen and oxygen atoms in total. The van der Waals surface area contributed by atoms with Crippen LogP contribution in [0.2, 0.25) is 0 Å². The lowest BCUT2D eigenvalue weighted by Crippen LogP contribution is -2.44. The van der Waals surface area contributed by atoms with Crippen LogP contribution in [-0.2, 0) is 19.0 Å².